The van der Waals surface area contributed by atoms with Crippen molar-refractivity contribution in [2.75, 3.05) is 13.2 Å². The van der Waals surface area contributed by atoms with Crippen molar-refractivity contribution in [1.82, 2.24) is 5.32 Å². The summed E-state index contributed by atoms with van der Waals surface area (Å²) in [6, 6.07) is 5.55. The standard InChI is InChI=1S/C16H26N2O3/c1-5-10-17-14(6-2)12(4)13-8-9-15(18(19)20)16(11-13)21-7-3/h8-9,11-12,14,17H,5-7,10H2,1-4H3. The van der Waals surface area contributed by atoms with Gasteiger partial charge in [-0.15, -0.1) is 0 Å². The molecule has 0 aromatic heterocycles. The minimum absolute atomic E-state index is 0.0300. The highest BCUT2D eigenvalue weighted by atomic mass is 16.6. The van der Waals surface area contributed by atoms with Crippen LogP contribution in [-0.2, 0) is 0 Å². The molecule has 0 aliphatic carbocycles. The van der Waals surface area contributed by atoms with Crippen LogP contribution in [0.1, 0.15) is 52.0 Å². The van der Waals surface area contributed by atoms with Gasteiger partial charge in [-0.1, -0.05) is 26.8 Å². The smallest absolute Gasteiger partial charge is 0.310 e. The number of ether oxygens (including phenoxy) is 1. The van der Waals surface area contributed by atoms with E-state index in [0.29, 0.717) is 18.4 Å². The van der Waals surface area contributed by atoms with Gasteiger partial charge in [0, 0.05) is 12.1 Å². The summed E-state index contributed by atoms with van der Waals surface area (Å²) in [4.78, 5) is 10.6. The zero-order chi connectivity index (χ0) is 15.8. The fourth-order valence-electron chi connectivity index (χ4n) is 2.47. The second-order valence-corrected chi connectivity index (χ2v) is 5.17. The SMILES string of the molecule is CCCNC(CC)C(C)c1ccc([N+](=O)[O-])c(OCC)c1. The number of rotatable bonds is 9. The van der Waals surface area contributed by atoms with Gasteiger partial charge in [-0.05, 0) is 43.9 Å². The third kappa shape index (κ3) is 4.70. The van der Waals surface area contributed by atoms with Crippen LogP contribution in [0.5, 0.6) is 5.75 Å². The molecule has 5 heteroatoms. The van der Waals surface area contributed by atoms with Gasteiger partial charge in [0.1, 0.15) is 0 Å². The van der Waals surface area contributed by atoms with Crippen LogP contribution in [0.2, 0.25) is 0 Å². The maximum absolute atomic E-state index is 11.0. The van der Waals surface area contributed by atoms with Crippen molar-refractivity contribution in [1.29, 1.82) is 0 Å². The highest BCUT2D eigenvalue weighted by molar-refractivity contribution is 5.49. The summed E-state index contributed by atoms with van der Waals surface area (Å²) in [5.41, 5.74) is 1.10. The molecule has 118 valence electrons. The van der Waals surface area contributed by atoms with Crippen LogP contribution in [-0.4, -0.2) is 24.1 Å². The average Bonchev–Trinajstić information content (AvgIpc) is 2.47. The Morgan fingerprint density at radius 2 is 2.05 bits per heavy atom. The molecule has 0 heterocycles. The third-order valence-corrected chi connectivity index (χ3v) is 3.71. The van der Waals surface area contributed by atoms with E-state index in [2.05, 4.69) is 26.1 Å². The number of nitro groups is 1. The minimum Gasteiger partial charge on any atom is -0.487 e. The molecule has 0 spiro atoms. The van der Waals surface area contributed by atoms with Crippen LogP contribution in [0.4, 0.5) is 5.69 Å². The van der Waals surface area contributed by atoms with Gasteiger partial charge in [0.15, 0.2) is 5.75 Å². The number of nitrogens with one attached hydrogen (secondary N) is 1. The number of nitro benzene ring substituents is 1. The maximum atomic E-state index is 11.0. The van der Waals surface area contributed by atoms with Gasteiger partial charge < -0.3 is 10.1 Å². The molecule has 0 aliphatic heterocycles. The fourth-order valence-corrected chi connectivity index (χ4v) is 2.47. The molecule has 1 N–H and O–H groups in total. The van der Waals surface area contributed by atoms with E-state index in [1.807, 2.05) is 19.1 Å². The molecule has 0 aliphatic rings. The van der Waals surface area contributed by atoms with E-state index in [1.165, 1.54) is 0 Å². The first-order chi connectivity index (χ1) is 10.0. The van der Waals surface area contributed by atoms with E-state index in [4.69, 9.17) is 4.74 Å². The molecule has 1 rings (SSSR count). The zero-order valence-corrected chi connectivity index (χ0v) is 13.4. The lowest BCUT2D eigenvalue weighted by Gasteiger charge is -2.24. The zero-order valence-electron chi connectivity index (χ0n) is 13.4. The van der Waals surface area contributed by atoms with E-state index < -0.39 is 4.92 Å². The van der Waals surface area contributed by atoms with Crippen LogP contribution >= 0.6 is 0 Å². The second kappa shape index (κ2) is 8.62. The molecule has 2 atom stereocenters. The lowest BCUT2D eigenvalue weighted by atomic mass is 9.91. The van der Waals surface area contributed by atoms with Crippen molar-refractivity contribution in [2.24, 2.45) is 0 Å². The third-order valence-electron chi connectivity index (χ3n) is 3.71. The molecule has 0 fully saturated rings. The molecule has 1 aromatic carbocycles. The first-order valence-electron chi connectivity index (χ1n) is 7.69. The van der Waals surface area contributed by atoms with Gasteiger partial charge >= 0.3 is 5.69 Å². The average molecular weight is 294 g/mol. The highest BCUT2D eigenvalue weighted by Gasteiger charge is 2.21. The minimum atomic E-state index is -0.397. The summed E-state index contributed by atoms with van der Waals surface area (Å²) in [7, 11) is 0. The molecule has 21 heavy (non-hydrogen) atoms. The van der Waals surface area contributed by atoms with Crippen LogP contribution in [0.15, 0.2) is 18.2 Å². The van der Waals surface area contributed by atoms with E-state index in [1.54, 1.807) is 6.07 Å². The summed E-state index contributed by atoms with van der Waals surface area (Å²) in [5, 5.41) is 14.6. The molecule has 0 saturated carbocycles. The van der Waals surface area contributed by atoms with Gasteiger partial charge in [0.25, 0.3) is 0 Å². The summed E-state index contributed by atoms with van der Waals surface area (Å²) in [6.45, 7) is 9.67. The van der Waals surface area contributed by atoms with Gasteiger partial charge in [-0.3, -0.25) is 10.1 Å². The Morgan fingerprint density at radius 3 is 2.57 bits per heavy atom. The fraction of sp³-hybridized carbons (Fsp3) is 0.625. The van der Waals surface area contributed by atoms with Gasteiger partial charge in [-0.25, -0.2) is 0 Å². The predicted octanol–water partition coefficient (Wildman–Crippen LogP) is 3.88. The van der Waals surface area contributed by atoms with Crippen molar-refractivity contribution < 1.29 is 9.66 Å². The normalized spacial score (nSPS) is 13.7. The molecule has 0 saturated heterocycles. The first kappa shape index (κ1) is 17.4. The van der Waals surface area contributed by atoms with E-state index in [-0.39, 0.29) is 11.6 Å². The molecule has 5 nitrogen and oxygen atoms in total. The molecule has 0 amide bonds. The lowest BCUT2D eigenvalue weighted by molar-refractivity contribution is -0.385. The topological polar surface area (TPSA) is 64.4 Å². The Bertz CT molecular complexity index is 463. The van der Waals surface area contributed by atoms with Crippen LogP contribution in [0.25, 0.3) is 0 Å². The van der Waals surface area contributed by atoms with Gasteiger partial charge in [0.2, 0.25) is 0 Å². The predicted molar refractivity (Wildman–Crippen MR) is 85.1 cm³/mol. The van der Waals surface area contributed by atoms with Crippen LogP contribution in [0, 0.1) is 10.1 Å². The molecule has 2 unspecified atom stereocenters. The van der Waals surface area contributed by atoms with Crippen molar-refractivity contribution in [3.05, 3.63) is 33.9 Å². The first-order valence-corrected chi connectivity index (χ1v) is 7.69. The van der Waals surface area contributed by atoms with E-state index >= 15 is 0 Å². The quantitative estimate of drug-likeness (QED) is 0.554. The number of nitrogens with zero attached hydrogens (tertiary/aromatic N) is 1. The molecule has 0 radical (unpaired) electrons. The Hall–Kier alpha value is -1.62. The maximum Gasteiger partial charge on any atom is 0.310 e. The summed E-state index contributed by atoms with van der Waals surface area (Å²) < 4.78 is 5.42. The molecule has 0 bridgehead atoms. The lowest BCUT2D eigenvalue weighted by Crippen LogP contribution is -2.33. The molecular weight excluding hydrogens is 268 g/mol. The van der Waals surface area contributed by atoms with E-state index in [0.717, 1.165) is 24.9 Å². The monoisotopic (exact) mass is 294 g/mol. The Labute approximate surface area is 126 Å². The van der Waals surface area contributed by atoms with Crippen LogP contribution in [0.3, 0.4) is 0 Å². The highest BCUT2D eigenvalue weighted by Crippen LogP contribution is 2.32. The molecule has 1 aromatic rings. The van der Waals surface area contributed by atoms with Crippen molar-refractivity contribution in [2.45, 2.75) is 52.5 Å². The largest absolute Gasteiger partial charge is 0.487 e. The number of hydrogen-bond donors (Lipinski definition) is 1. The Balaban J connectivity index is 3.00. The van der Waals surface area contributed by atoms with Crippen molar-refractivity contribution in [3.63, 3.8) is 0 Å². The number of benzene rings is 1. The van der Waals surface area contributed by atoms with Crippen LogP contribution < -0.4 is 10.1 Å². The molecular formula is C16H26N2O3. The number of hydrogen-bond acceptors (Lipinski definition) is 4. The Morgan fingerprint density at radius 1 is 1.33 bits per heavy atom. The Kier molecular flexibility index (Phi) is 7.15. The van der Waals surface area contributed by atoms with E-state index in [9.17, 15) is 10.1 Å². The second-order valence-electron chi connectivity index (χ2n) is 5.17. The van der Waals surface area contributed by atoms with Crippen molar-refractivity contribution in [3.8, 4) is 5.75 Å². The summed E-state index contributed by atoms with van der Waals surface area (Å²) >= 11 is 0. The van der Waals surface area contributed by atoms with Gasteiger partial charge in [0.05, 0.1) is 11.5 Å². The van der Waals surface area contributed by atoms with Crippen molar-refractivity contribution >= 4 is 5.69 Å². The van der Waals surface area contributed by atoms with Gasteiger partial charge in [-0.2, -0.15) is 0 Å². The summed E-state index contributed by atoms with van der Waals surface area (Å²) in [6.07, 6.45) is 2.11. The summed E-state index contributed by atoms with van der Waals surface area (Å²) in [5.74, 6) is 0.638.